The third kappa shape index (κ3) is 5.23. The molecule has 2 N–H and O–H groups in total. The second kappa shape index (κ2) is 11.1. The molecule has 1 aliphatic heterocycles. The van der Waals surface area contributed by atoms with Crippen molar-refractivity contribution in [3.63, 3.8) is 0 Å². The van der Waals surface area contributed by atoms with Crippen LogP contribution in [0.25, 0.3) is 22.0 Å². The van der Waals surface area contributed by atoms with Gasteiger partial charge in [-0.25, -0.2) is 13.4 Å². The van der Waals surface area contributed by atoms with Gasteiger partial charge in [-0.15, -0.1) is 0 Å². The molecule has 184 valence electrons. The van der Waals surface area contributed by atoms with Crippen molar-refractivity contribution in [2.45, 2.75) is 6.54 Å². The monoisotopic (exact) mass is 596 g/mol. The van der Waals surface area contributed by atoms with Gasteiger partial charge in [0.25, 0.3) is 5.91 Å². The van der Waals surface area contributed by atoms with Crippen molar-refractivity contribution in [1.29, 1.82) is 0 Å². The molecule has 0 spiro atoms. The summed E-state index contributed by atoms with van der Waals surface area (Å²) in [5.41, 5.74) is 7.79. The number of anilines is 1. The standard InChI is InChI=1S/C27H25IN4O4/c28-36-30-26(33)21-6-4-19(5-7-21)18-32(27(34)31-14-16-35-17-15-31)22-10-8-20(9-11-22)23-2-1-3-25-24(23)12-13-29-25/h1-13,29H,14-18H2,(H,30,33). The molecule has 5 rings (SSSR count). The van der Waals surface area contributed by atoms with E-state index in [4.69, 9.17) is 4.74 Å². The number of ether oxygens (including phenoxy) is 1. The third-order valence-corrected chi connectivity index (χ3v) is 6.51. The fraction of sp³-hybridized carbons (Fsp3) is 0.185. The first-order valence-electron chi connectivity index (χ1n) is 11.6. The quantitative estimate of drug-likeness (QED) is 0.234. The van der Waals surface area contributed by atoms with Crippen LogP contribution in [0.3, 0.4) is 0 Å². The zero-order valence-electron chi connectivity index (χ0n) is 19.4. The molecule has 9 heteroatoms. The van der Waals surface area contributed by atoms with E-state index in [0.717, 1.165) is 33.3 Å². The minimum absolute atomic E-state index is 0.0704. The molecule has 0 atom stereocenters. The number of aromatic amines is 1. The lowest BCUT2D eigenvalue weighted by molar-refractivity contribution is 0.0548. The van der Waals surface area contributed by atoms with Gasteiger partial charge in [0.2, 0.25) is 0 Å². The van der Waals surface area contributed by atoms with E-state index in [2.05, 4.69) is 31.8 Å². The number of rotatable bonds is 6. The number of carbonyl (C=O) groups excluding carboxylic acids is 2. The van der Waals surface area contributed by atoms with Gasteiger partial charge in [-0.2, -0.15) is 0 Å². The summed E-state index contributed by atoms with van der Waals surface area (Å²) < 4.78 is 10.1. The van der Waals surface area contributed by atoms with E-state index in [0.29, 0.717) is 38.4 Å². The number of nitrogens with zero attached hydrogens (tertiary/aromatic N) is 2. The van der Waals surface area contributed by atoms with Gasteiger partial charge >= 0.3 is 6.03 Å². The highest BCUT2D eigenvalue weighted by atomic mass is 127. The van der Waals surface area contributed by atoms with Gasteiger partial charge in [-0.1, -0.05) is 36.4 Å². The van der Waals surface area contributed by atoms with Crippen molar-refractivity contribution < 1.29 is 17.5 Å². The number of benzene rings is 3. The number of carbonyl (C=O) groups is 2. The summed E-state index contributed by atoms with van der Waals surface area (Å²) in [5, 5.41) is 1.16. The van der Waals surface area contributed by atoms with Crippen molar-refractivity contribution in [1.82, 2.24) is 15.4 Å². The zero-order valence-corrected chi connectivity index (χ0v) is 21.6. The number of urea groups is 1. The third-order valence-electron chi connectivity index (χ3n) is 6.29. The van der Waals surface area contributed by atoms with Crippen LogP contribution in [-0.2, 0) is 14.4 Å². The molecule has 1 saturated heterocycles. The summed E-state index contributed by atoms with van der Waals surface area (Å²) >= 11 is 1.61. The second-order valence-corrected chi connectivity index (χ2v) is 8.91. The van der Waals surface area contributed by atoms with Crippen molar-refractivity contribution in [3.8, 4) is 11.1 Å². The molecule has 36 heavy (non-hydrogen) atoms. The average molecular weight is 596 g/mol. The fourth-order valence-electron chi connectivity index (χ4n) is 4.39. The number of amides is 3. The lowest BCUT2D eigenvalue weighted by atomic mass is 10.0. The number of fused-ring (bicyclic) bond motifs is 1. The molecule has 1 aliphatic rings. The van der Waals surface area contributed by atoms with E-state index >= 15 is 0 Å². The first-order valence-corrected chi connectivity index (χ1v) is 12.5. The van der Waals surface area contributed by atoms with Crippen LogP contribution in [0.15, 0.2) is 79.0 Å². The number of hydrogen-bond donors (Lipinski definition) is 2. The van der Waals surface area contributed by atoms with Gasteiger partial charge in [0.05, 0.1) is 19.8 Å². The van der Waals surface area contributed by atoms with Crippen LogP contribution in [0.4, 0.5) is 10.5 Å². The molecule has 1 fully saturated rings. The molecule has 0 unspecified atom stereocenters. The van der Waals surface area contributed by atoms with Crippen molar-refractivity contribution in [2.75, 3.05) is 31.2 Å². The topological polar surface area (TPSA) is 86.9 Å². The van der Waals surface area contributed by atoms with Crippen molar-refractivity contribution in [3.05, 3.63) is 90.1 Å². The molecule has 1 aromatic heterocycles. The van der Waals surface area contributed by atoms with E-state index in [1.54, 1.807) is 40.0 Å². The molecule has 0 radical (unpaired) electrons. The number of halogens is 1. The molecule has 0 saturated carbocycles. The number of nitrogens with one attached hydrogen (secondary N) is 2. The molecule has 3 aromatic carbocycles. The molecule has 3 amide bonds. The van der Waals surface area contributed by atoms with E-state index in [-0.39, 0.29) is 11.9 Å². The van der Waals surface area contributed by atoms with Gasteiger partial charge in [0, 0.05) is 41.4 Å². The summed E-state index contributed by atoms with van der Waals surface area (Å²) in [6, 6.07) is 23.4. The highest BCUT2D eigenvalue weighted by Gasteiger charge is 2.24. The van der Waals surface area contributed by atoms with E-state index < -0.39 is 0 Å². The smallest absolute Gasteiger partial charge is 0.324 e. The Labute approximate surface area is 222 Å². The summed E-state index contributed by atoms with van der Waals surface area (Å²) in [7, 11) is 0. The number of hydrogen-bond acceptors (Lipinski definition) is 4. The molecule has 4 aromatic rings. The predicted octanol–water partition coefficient (Wildman–Crippen LogP) is 5.31. The summed E-state index contributed by atoms with van der Waals surface area (Å²) in [6.45, 7) is 2.54. The molecule has 0 aliphatic carbocycles. The van der Waals surface area contributed by atoms with E-state index in [9.17, 15) is 9.59 Å². The Morgan fingerprint density at radius 3 is 2.47 bits per heavy atom. The minimum atomic E-state index is -0.328. The average Bonchev–Trinajstić information content (AvgIpc) is 3.42. The van der Waals surface area contributed by atoms with Crippen LogP contribution in [0.1, 0.15) is 15.9 Å². The summed E-state index contributed by atoms with van der Waals surface area (Å²) in [6.07, 6.45) is 1.94. The number of H-pyrrole nitrogens is 1. The highest BCUT2D eigenvalue weighted by Crippen LogP contribution is 2.30. The summed E-state index contributed by atoms with van der Waals surface area (Å²) in [5.74, 6) is -0.328. The SMILES string of the molecule is O=C(NOI)c1ccc(CN(C(=O)N2CCOCC2)c2ccc(-c3cccc4[nH]ccc34)cc2)cc1. The summed E-state index contributed by atoms with van der Waals surface area (Å²) in [4.78, 5) is 32.4. The predicted molar refractivity (Wildman–Crippen MR) is 147 cm³/mol. The largest absolute Gasteiger partial charge is 0.378 e. The van der Waals surface area contributed by atoms with Gasteiger partial charge in [-0.3, -0.25) is 9.69 Å². The number of hydroxylamine groups is 1. The molecule has 0 bridgehead atoms. The van der Waals surface area contributed by atoms with Gasteiger partial charge in [0.15, 0.2) is 0 Å². The Kier molecular flexibility index (Phi) is 7.49. The second-order valence-electron chi connectivity index (χ2n) is 8.46. The van der Waals surface area contributed by atoms with E-state index in [1.807, 2.05) is 53.6 Å². The first-order chi connectivity index (χ1) is 17.6. The number of morpholine rings is 1. The highest BCUT2D eigenvalue weighted by molar-refractivity contribution is 14.1. The maximum Gasteiger partial charge on any atom is 0.324 e. The van der Waals surface area contributed by atoms with Crippen LogP contribution < -0.4 is 10.4 Å². The van der Waals surface area contributed by atoms with Gasteiger partial charge in [-0.05, 0) is 53.1 Å². The maximum atomic E-state index is 13.6. The lowest BCUT2D eigenvalue weighted by Crippen LogP contribution is -2.48. The Morgan fingerprint density at radius 1 is 1.00 bits per heavy atom. The van der Waals surface area contributed by atoms with Crippen LogP contribution in [0.5, 0.6) is 0 Å². The minimum Gasteiger partial charge on any atom is -0.378 e. The van der Waals surface area contributed by atoms with Crippen molar-refractivity contribution >= 4 is 51.5 Å². The van der Waals surface area contributed by atoms with Crippen molar-refractivity contribution in [2.24, 2.45) is 0 Å². The molecule has 2 heterocycles. The number of aromatic nitrogens is 1. The normalized spacial score (nSPS) is 13.5. The lowest BCUT2D eigenvalue weighted by Gasteiger charge is -2.33. The van der Waals surface area contributed by atoms with E-state index in [1.165, 1.54) is 0 Å². The Hall–Kier alpha value is -3.41. The van der Waals surface area contributed by atoms with Gasteiger partial charge < -0.3 is 14.6 Å². The van der Waals surface area contributed by atoms with Crippen LogP contribution in [0, 0.1) is 0 Å². The maximum absolute atomic E-state index is 13.6. The molecule has 8 nitrogen and oxygen atoms in total. The van der Waals surface area contributed by atoms with Crippen LogP contribution in [-0.4, -0.2) is 48.1 Å². The fourth-order valence-corrected chi connectivity index (χ4v) is 4.59. The molecular weight excluding hydrogens is 571 g/mol. The van der Waals surface area contributed by atoms with Crippen LogP contribution in [0.2, 0.25) is 0 Å². The Balaban J connectivity index is 1.43. The van der Waals surface area contributed by atoms with Crippen LogP contribution >= 0.6 is 23.0 Å². The molecular formula is C27H25IN4O4. The Morgan fingerprint density at radius 2 is 1.75 bits per heavy atom. The Bertz CT molecular complexity index is 1350. The first kappa shape index (κ1) is 24.3. The zero-order chi connectivity index (χ0) is 24.9. The van der Waals surface area contributed by atoms with Gasteiger partial charge in [0.1, 0.15) is 23.0 Å².